The SMILES string of the molecule is N#CCOc1ccc(NC(=O)C2CCCN2)cc1. The number of rotatable bonds is 4. The summed E-state index contributed by atoms with van der Waals surface area (Å²) in [5, 5.41) is 14.4. The predicted molar refractivity (Wildman–Crippen MR) is 67.2 cm³/mol. The second-order valence-electron chi connectivity index (χ2n) is 4.11. The van der Waals surface area contributed by atoms with E-state index in [1.165, 1.54) is 0 Å². The molecule has 2 rings (SSSR count). The van der Waals surface area contributed by atoms with E-state index in [2.05, 4.69) is 10.6 Å². The molecule has 1 unspecified atom stereocenters. The second kappa shape index (κ2) is 6.03. The molecule has 1 fully saturated rings. The normalized spacial score (nSPS) is 18.1. The van der Waals surface area contributed by atoms with Crippen LogP contribution < -0.4 is 15.4 Å². The molecule has 0 aliphatic carbocycles. The summed E-state index contributed by atoms with van der Waals surface area (Å²) in [5.74, 6) is 0.617. The summed E-state index contributed by atoms with van der Waals surface area (Å²) < 4.78 is 5.13. The van der Waals surface area contributed by atoms with Gasteiger partial charge in [0.2, 0.25) is 5.91 Å². The van der Waals surface area contributed by atoms with Gasteiger partial charge >= 0.3 is 0 Å². The van der Waals surface area contributed by atoms with Crippen LogP contribution >= 0.6 is 0 Å². The van der Waals surface area contributed by atoms with Gasteiger partial charge in [-0.2, -0.15) is 5.26 Å². The van der Waals surface area contributed by atoms with Gasteiger partial charge in [-0.3, -0.25) is 4.79 Å². The molecule has 1 aliphatic rings. The Morgan fingerprint density at radius 3 is 2.89 bits per heavy atom. The van der Waals surface area contributed by atoms with Gasteiger partial charge in [0.1, 0.15) is 11.8 Å². The number of amides is 1. The largest absolute Gasteiger partial charge is 0.479 e. The lowest BCUT2D eigenvalue weighted by atomic mass is 10.2. The highest BCUT2D eigenvalue weighted by atomic mass is 16.5. The number of ether oxygens (including phenoxy) is 1. The number of nitrogens with one attached hydrogen (secondary N) is 2. The van der Waals surface area contributed by atoms with Crippen molar-refractivity contribution in [2.24, 2.45) is 0 Å². The molecule has 5 heteroatoms. The molecule has 94 valence electrons. The summed E-state index contributed by atoms with van der Waals surface area (Å²) in [5.41, 5.74) is 0.734. The van der Waals surface area contributed by atoms with Crippen molar-refractivity contribution in [1.82, 2.24) is 5.32 Å². The lowest BCUT2D eigenvalue weighted by Gasteiger charge is -2.11. The molecule has 1 aromatic carbocycles. The number of carbonyl (C=O) groups excluding carboxylic acids is 1. The summed E-state index contributed by atoms with van der Waals surface area (Å²) in [6.07, 6.45) is 1.92. The van der Waals surface area contributed by atoms with Gasteiger partial charge in [-0.15, -0.1) is 0 Å². The Bertz CT molecular complexity index is 444. The van der Waals surface area contributed by atoms with E-state index in [9.17, 15) is 4.79 Å². The van der Waals surface area contributed by atoms with Crippen molar-refractivity contribution >= 4 is 11.6 Å². The summed E-state index contributed by atoms with van der Waals surface area (Å²) in [6, 6.07) is 8.81. The molecule has 1 amide bonds. The van der Waals surface area contributed by atoms with Gasteiger partial charge in [-0.05, 0) is 43.7 Å². The van der Waals surface area contributed by atoms with Crippen LogP contribution in [0.25, 0.3) is 0 Å². The fraction of sp³-hybridized carbons (Fsp3) is 0.385. The molecule has 0 saturated carbocycles. The molecule has 0 radical (unpaired) electrons. The van der Waals surface area contributed by atoms with E-state index >= 15 is 0 Å². The van der Waals surface area contributed by atoms with Crippen LogP contribution in [0.4, 0.5) is 5.69 Å². The number of hydrogen-bond donors (Lipinski definition) is 2. The van der Waals surface area contributed by atoms with Gasteiger partial charge in [0.15, 0.2) is 6.61 Å². The van der Waals surface area contributed by atoms with Crippen molar-refractivity contribution in [1.29, 1.82) is 5.26 Å². The molecule has 1 aliphatic heterocycles. The van der Waals surface area contributed by atoms with Gasteiger partial charge in [0.05, 0.1) is 6.04 Å². The summed E-state index contributed by atoms with van der Waals surface area (Å²) >= 11 is 0. The van der Waals surface area contributed by atoms with Crippen LogP contribution in [0.15, 0.2) is 24.3 Å². The molecule has 2 N–H and O–H groups in total. The van der Waals surface area contributed by atoms with E-state index in [0.717, 1.165) is 25.1 Å². The lowest BCUT2D eigenvalue weighted by molar-refractivity contribution is -0.117. The van der Waals surface area contributed by atoms with Gasteiger partial charge in [0.25, 0.3) is 0 Å². The van der Waals surface area contributed by atoms with E-state index < -0.39 is 0 Å². The van der Waals surface area contributed by atoms with E-state index in [0.29, 0.717) is 5.75 Å². The molecule has 5 nitrogen and oxygen atoms in total. The third-order valence-corrected chi connectivity index (χ3v) is 2.80. The Balaban J connectivity index is 1.89. The minimum atomic E-state index is -0.0838. The quantitative estimate of drug-likeness (QED) is 0.838. The maximum Gasteiger partial charge on any atom is 0.241 e. The maximum atomic E-state index is 11.8. The molecule has 0 bridgehead atoms. The van der Waals surface area contributed by atoms with Crippen LogP contribution in [0.2, 0.25) is 0 Å². The fourth-order valence-corrected chi connectivity index (χ4v) is 1.89. The number of hydrogen-bond acceptors (Lipinski definition) is 4. The van der Waals surface area contributed by atoms with Crippen molar-refractivity contribution in [2.45, 2.75) is 18.9 Å². The number of anilines is 1. The zero-order chi connectivity index (χ0) is 12.8. The van der Waals surface area contributed by atoms with E-state index in [4.69, 9.17) is 10.00 Å². The van der Waals surface area contributed by atoms with Gasteiger partial charge < -0.3 is 15.4 Å². The van der Waals surface area contributed by atoms with Crippen molar-refractivity contribution in [3.8, 4) is 11.8 Å². The zero-order valence-corrected chi connectivity index (χ0v) is 9.98. The Morgan fingerprint density at radius 2 is 2.28 bits per heavy atom. The first-order chi connectivity index (χ1) is 8.79. The number of benzene rings is 1. The molecule has 1 heterocycles. The highest BCUT2D eigenvalue weighted by molar-refractivity contribution is 5.95. The van der Waals surface area contributed by atoms with E-state index in [1.54, 1.807) is 24.3 Å². The van der Waals surface area contributed by atoms with Crippen LogP contribution in [0.5, 0.6) is 5.75 Å². The summed E-state index contributed by atoms with van der Waals surface area (Å²) in [6.45, 7) is 0.927. The van der Waals surface area contributed by atoms with Crippen molar-refractivity contribution in [3.05, 3.63) is 24.3 Å². The Labute approximate surface area is 106 Å². The lowest BCUT2D eigenvalue weighted by Crippen LogP contribution is -2.35. The smallest absolute Gasteiger partial charge is 0.241 e. The highest BCUT2D eigenvalue weighted by Gasteiger charge is 2.21. The molecule has 1 atom stereocenters. The van der Waals surface area contributed by atoms with Crippen LogP contribution in [0, 0.1) is 11.3 Å². The van der Waals surface area contributed by atoms with Crippen molar-refractivity contribution in [2.75, 3.05) is 18.5 Å². The fourth-order valence-electron chi connectivity index (χ4n) is 1.89. The third-order valence-electron chi connectivity index (χ3n) is 2.80. The first-order valence-electron chi connectivity index (χ1n) is 5.93. The van der Waals surface area contributed by atoms with Gasteiger partial charge in [-0.1, -0.05) is 0 Å². The minimum absolute atomic E-state index is 0.00167. The molecular formula is C13H15N3O2. The Morgan fingerprint density at radius 1 is 1.50 bits per heavy atom. The van der Waals surface area contributed by atoms with E-state index in [-0.39, 0.29) is 18.6 Å². The average molecular weight is 245 g/mol. The molecule has 1 saturated heterocycles. The third kappa shape index (κ3) is 3.22. The second-order valence-corrected chi connectivity index (χ2v) is 4.11. The maximum absolute atomic E-state index is 11.8. The number of carbonyl (C=O) groups is 1. The van der Waals surface area contributed by atoms with Crippen LogP contribution in [0.3, 0.4) is 0 Å². The molecule has 0 aromatic heterocycles. The van der Waals surface area contributed by atoms with Crippen molar-refractivity contribution in [3.63, 3.8) is 0 Å². The number of nitrogens with zero attached hydrogens (tertiary/aromatic N) is 1. The Hall–Kier alpha value is -2.06. The van der Waals surface area contributed by atoms with Crippen molar-refractivity contribution < 1.29 is 9.53 Å². The van der Waals surface area contributed by atoms with Gasteiger partial charge in [-0.25, -0.2) is 0 Å². The number of nitriles is 1. The monoisotopic (exact) mass is 245 g/mol. The Kier molecular flexibility index (Phi) is 4.15. The van der Waals surface area contributed by atoms with Crippen LogP contribution in [-0.4, -0.2) is 25.1 Å². The molecular weight excluding hydrogens is 230 g/mol. The van der Waals surface area contributed by atoms with Crippen LogP contribution in [0.1, 0.15) is 12.8 Å². The molecule has 1 aromatic rings. The van der Waals surface area contributed by atoms with E-state index in [1.807, 2.05) is 6.07 Å². The molecule has 0 spiro atoms. The molecule has 18 heavy (non-hydrogen) atoms. The van der Waals surface area contributed by atoms with Gasteiger partial charge in [0, 0.05) is 5.69 Å². The standard InChI is InChI=1S/C13H15N3O2/c14-7-9-18-11-5-3-10(4-6-11)16-13(17)12-2-1-8-15-12/h3-6,12,15H,1-2,8-9H2,(H,16,17). The first kappa shape index (κ1) is 12.4. The predicted octanol–water partition coefficient (Wildman–Crippen LogP) is 1.28. The minimum Gasteiger partial charge on any atom is -0.479 e. The summed E-state index contributed by atoms with van der Waals surface area (Å²) in [4.78, 5) is 11.8. The van der Waals surface area contributed by atoms with Crippen LogP contribution in [-0.2, 0) is 4.79 Å². The zero-order valence-electron chi connectivity index (χ0n) is 9.98. The first-order valence-corrected chi connectivity index (χ1v) is 5.93. The topological polar surface area (TPSA) is 74.1 Å². The highest BCUT2D eigenvalue weighted by Crippen LogP contribution is 2.16. The average Bonchev–Trinajstić information content (AvgIpc) is 2.92. The summed E-state index contributed by atoms with van der Waals surface area (Å²) in [7, 11) is 0.